The molecule has 0 heterocycles. The number of halogens is 5. The second-order valence-corrected chi connectivity index (χ2v) is 3.98. The van der Waals surface area contributed by atoms with E-state index in [0.717, 1.165) is 0 Å². The summed E-state index contributed by atoms with van der Waals surface area (Å²) in [6, 6.07) is 4.84. The van der Waals surface area contributed by atoms with Crippen LogP contribution < -0.4 is 10.1 Å². The van der Waals surface area contributed by atoms with Crippen LogP contribution in [0.15, 0.2) is 18.2 Å². The van der Waals surface area contributed by atoms with Crippen LogP contribution in [0.25, 0.3) is 0 Å². The molecule has 0 unspecified atom stereocenters. The molecular formula is C10H10Cl2F3NO. The van der Waals surface area contributed by atoms with Gasteiger partial charge in [-0.05, 0) is 12.1 Å². The first kappa shape index (κ1) is 14.4. The van der Waals surface area contributed by atoms with Gasteiger partial charge in [-0.2, -0.15) is 13.2 Å². The summed E-state index contributed by atoms with van der Waals surface area (Å²) in [6.45, 7) is -0.891. The third-order valence-corrected chi connectivity index (χ3v) is 2.58. The number of rotatable bonds is 5. The number of ether oxygens (including phenoxy) is 1. The van der Waals surface area contributed by atoms with Crippen LogP contribution in [0, 0.1) is 0 Å². The fourth-order valence-electron chi connectivity index (χ4n) is 1.06. The molecule has 0 bridgehead atoms. The van der Waals surface area contributed by atoms with Crippen molar-refractivity contribution in [1.29, 1.82) is 0 Å². The van der Waals surface area contributed by atoms with Gasteiger partial charge in [0.15, 0.2) is 0 Å². The Morgan fingerprint density at radius 2 is 1.94 bits per heavy atom. The smallest absolute Gasteiger partial charge is 0.401 e. The quantitative estimate of drug-likeness (QED) is 0.837. The molecule has 0 aliphatic rings. The molecule has 1 N–H and O–H groups in total. The number of nitrogens with one attached hydrogen (secondary N) is 1. The first-order chi connectivity index (χ1) is 7.90. The maximum absolute atomic E-state index is 11.8. The highest BCUT2D eigenvalue weighted by Gasteiger charge is 2.25. The third kappa shape index (κ3) is 5.48. The summed E-state index contributed by atoms with van der Waals surface area (Å²) >= 11 is 11.6. The van der Waals surface area contributed by atoms with Crippen molar-refractivity contribution in [3.05, 3.63) is 28.2 Å². The molecule has 1 aromatic rings. The Bertz CT molecular complexity index is 371. The van der Waals surface area contributed by atoms with Gasteiger partial charge in [-0.25, -0.2) is 0 Å². The number of hydrogen-bond acceptors (Lipinski definition) is 2. The van der Waals surface area contributed by atoms with Gasteiger partial charge < -0.3 is 10.1 Å². The maximum Gasteiger partial charge on any atom is 0.401 e. The molecule has 0 atom stereocenters. The summed E-state index contributed by atoms with van der Waals surface area (Å²) in [5.41, 5.74) is 0. The van der Waals surface area contributed by atoms with Gasteiger partial charge >= 0.3 is 6.18 Å². The van der Waals surface area contributed by atoms with Crippen LogP contribution in [0.3, 0.4) is 0 Å². The molecular weight excluding hydrogens is 278 g/mol. The van der Waals surface area contributed by atoms with Gasteiger partial charge in [-0.15, -0.1) is 0 Å². The van der Waals surface area contributed by atoms with Crippen molar-refractivity contribution in [3.8, 4) is 5.75 Å². The van der Waals surface area contributed by atoms with Gasteiger partial charge in [-0.3, -0.25) is 0 Å². The normalized spacial score (nSPS) is 11.6. The molecule has 7 heteroatoms. The van der Waals surface area contributed by atoms with E-state index in [9.17, 15) is 13.2 Å². The summed E-state index contributed by atoms with van der Waals surface area (Å²) in [4.78, 5) is 0. The third-order valence-electron chi connectivity index (χ3n) is 1.78. The Kier molecular flexibility index (Phi) is 5.36. The number of benzene rings is 1. The van der Waals surface area contributed by atoms with Crippen LogP contribution in [-0.2, 0) is 0 Å². The van der Waals surface area contributed by atoms with Crippen LogP contribution in [0.5, 0.6) is 5.75 Å². The molecule has 96 valence electrons. The molecule has 0 amide bonds. The van der Waals surface area contributed by atoms with Gasteiger partial charge in [0.2, 0.25) is 0 Å². The highest BCUT2D eigenvalue weighted by Crippen LogP contribution is 2.31. The van der Waals surface area contributed by atoms with E-state index in [0.29, 0.717) is 10.8 Å². The average molecular weight is 288 g/mol. The van der Waals surface area contributed by atoms with Crippen LogP contribution in [0.2, 0.25) is 10.0 Å². The zero-order valence-electron chi connectivity index (χ0n) is 8.65. The molecule has 0 saturated carbocycles. The first-order valence-corrected chi connectivity index (χ1v) is 5.50. The van der Waals surface area contributed by atoms with Crippen molar-refractivity contribution in [1.82, 2.24) is 5.32 Å². The summed E-state index contributed by atoms with van der Waals surface area (Å²) < 4.78 is 40.5. The van der Waals surface area contributed by atoms with Gasteiger partial charge in [0.05, 0.1) is 11.6 Å². The van der Waals surface area contributed by atoms with Gasteiger partial charge in [0, 0.05) is 6.54 Å². The van der Waals surface area contributed by atoms with Crippen LogP contribution in [0.4, 0.5) is 13.2 Å². The van der Waals surface area contributed by atoms with E-state index in [1.54, 1.807) is 18.2 Å². The molecule has 0 aliphatic carbocycles. The lowest BCUT2D eigenvalue weighted by Crippen LogP contribution is -2.31. The second kappa shape index (κ2) is 6.33. The van der Waals surface area contributed by atoms with E-state index >= 15 is 0 Å². The highest BCUT2D eigenvalue weighted by atomic mass is 35.5. The number of hydrogen-bond donors (Lipinski definition) is 1. The Morgan fingerprint density at radius 3 is 2.59 bits per heavy atom. The van der Waals surface area contributed by atoms with Crippen LogP contribution >= 0.6 is 23.2 Å². The van der Waals surface area contributed by atoms with Gasteiger partial charge in [-0.1, -0.05) is 29.3 Å². The van der Waals surface area contributed by atoms with E-state index in [4.69, 9.17) is 27.9 Å². The summed E-state index contributed by atoms with van der Waals surface area (Å²) in [7, 11) is 0. The molecule has 0 fully saturated rings. The van der Waals surface area contributed by atoms with E-state index in [1.807, 2.05) is 0 Å². The fourth-order valence-corrected chi connectivity index (χ4v) is 1.41. The Hall–Kier alpha value is -0.650. The topological polar surface area (TPSA) is 21.3 Å². The van der Waals surface area contributed by atoms with E-state index in [2.05, 4.69) is 5.32 Å². The Labute approximate surface area is 107 Å². The van der Waals surface area contributed by atoms with Crippen molar-refractivity contribution in [2.45, 2.75) is 6.18 Å². The lowest BCUT2D eigenvalue weighted by atomic mass is 10.3. The molecule has 0 aromatic heterocycles. The highest BCUT2D eigenvalue weighted by molar-refractivity contribution is 6.42. The maximum atomic E-state index is 11.8. The summed E-state index contributed by atoms with van der Waals surface area (Å²) in [5.74, 6) is 0.355. The predicted octanol–water partition coefficient (Wildman–Crippen LogP) is 3.52. The minimum absolute atomic E-state index is 0.0718. The minimum Gasteiger partial charge on any atom is -0.491 e. The average Bonchev–Trinajstić information content (AvgIpc) is 2.22. The standard InChI is InChI=1S/C10H10Cl2F3NO/c11-7-2-1-3-8(9(7)12)17-5-4-16-6-10(13,14)15/h1-3,16H,4-6H2. The van der Waals surface area contributed by atoms with E-state index < -0.39 is 12.7 Å². The van der Waals surface area contributed by atoms with Crippen LogP contribution in [-0.4, -0.2) is 25.9 Å². The molecule has 1 rings (SSSR count). The van der Waals surface area contributed by atoms with Crippen molar-refractivity contribution in [3.63, 3.8) is 0 Å². The lowest BCUT2D eigenvalue weighted by Gasteiger charge is -2.10. The van der Waals surface area contributed by atoms with Crippen molar-refractivity contribution in [2.24, 2.45) is 0 Å². The molecule has 0 spiro atoms. The van der Waals surface area contributed by atoms with Gasteiger partial charge in [0.25, 0.3) is 0 Å². The Morgan fingerprint density at radius 1 is 1.24 bits per heavy atom. The second-order valence-electron chi connectivity index (χ2n) is 3.19. The zero-order chi connectivity index (χ0) is 12.9. The van der Waals surface area contributed by atoms with Crippen molar-refractivity contribution in [2.75, 3.05) is 19.7 Å². The summed E-state index contributed by atoms with van der Waals surface area (Å²) in [5, 5.41) is 2.80. The van der Waals surface area contributed by atoms with Gasteiger partial charge in [0.1, 0.15) is 17.4 Å². The minimum atomic E-state index is -4.21. The molecule has 2 nitrogen and oxygen atoms in total. The lowest BCUT2D eigenvalue weighted by molar-refractivity contribution is -0.124. The molecule has 17 heavy (non-hydrogen) atoms. The molecule has 0 radical (unpaired) electrons. The molecule has 0 saturated heterocycles. The van der Waals surface area contributed by atoms with E-state index in [1.165, 1.54) is 0 Å². The SMILES string of the molecule is FC(F)(F)CNCCOc1cccc(Cl)c1Cl. The molecule has 0 aliphatic heterocycles. The largest absolute Gasteiger partial charge is 0.491 e. The molecule has 1 aromatic carbocycles. The van der Waals surface area contributed by atoms with Crippen LogP contribution in [0.1, 0.15) is 0 Å². The zero-order valence-corrected chi connectivity index (χ0v) is 10.2. The predicted molar refractivity (Wildman–Crippen MR) is 60.9 cm³/mol. The van der Waals surface area contributed by atoms with Crippen molar-refractivity contribution < 1.29 is 17.9 Å². The Balaban J connectivity index is 2.29. The summed E-state index contributed by atoms with van der Waals surface area (Å²) in [6.07, 6.45) is -4.21. The first-order valence-electron chi connectivity index (χ1n) is 4.74. The van der Waals surface area contributed by atoms with E-state index in [-0.39, 0.29) is 18.2 Å². The van der Waals surface area contributed by atoms with Crippen molar-refractivity contribution >= 4 is 23.2 Å². The number of alkyl halides is 3. The fraction of sp³-hybridized carbons (Fsp3) is 0.400. The monoisotopic (exact) mass is 287 g/mol.